The summed E-state index contributed by atoms with van der Waals surface area (Å²) in [5.74, 6) is 0.602. The first kappa shape index (κ1) is 13.3. The molecule has 0 aromatic heterocycles. The summed E-state index contributed by atoms with van der Waals surface area (Å²) in [6.45, 7) is 6.08. The van der Waals surface area contributed by atoms with Crippen LogP contribution in [0.2, 0.25) is 0 Å². The molecule has 0 aromatic rings. The third kappa shape index (κ3) is 2.36. The highest BCUT2D eigenvalue weighted by Gasteiger charge is 2.57. The van der Waals surface area contributed by atoms with Crippen LogP contribution in [0.15, 0.2) is 0 Å². The molecule has 0 aromatic carbocycles. The van der Waals surface area contributed by atoms with Gasteiger partial charge < -0.3 is 19.9 Å². The van der Waals surface area contributed by atoms with Gasteiger partial charge in [-0.1, -0.05) is 13.8 Å². The van der Waals surface area contributed by atoms with Crippen LogP contribution in [0.3, 0.4) is 0 Å². The van der Waals surface area contributed by atoms with E-state index in [2.05, 4.69) is 19.2 Å². The summed E-state index contributed by atoms with van der Waals surface area (Å²) in [6.07, 6.45) is 2.77. The molecular weight excluding hydrogens is 218 g/mol. The fourth-order valence-electron chi connectivity index (χ4n) is 3.47. The average molecular weight is 243 g/mol. The zero-order valence-electron chi connectivity index (χ0n) is 11.1. The Morgan fingerprint density at radius 2 is 2.29 bits per heavy atom. The maximum Gasteiger partial charge on any atom is 0.0684 e. The Bertz CT molecular complexity index is 257. The molecule has 0 spiro atoms. The maximum absolute atomic E-state index is 9.32. The molecule has 2 fully saturated rings. The highest BCUT2D eigenvalue weighted by molar-refractivity contribution is 5.10. The van der Waals surface area contributed by atoms with E-state index in [0.29, 0.717) is 24.7 Å². The number of aliphatic hydroxyl groups is 1. The van der Waals surface area contributed by atoms with Crippen molar-refractivity contribution >= 4 is 0 Å². The minimum atomic E-state index is 0.0344. The third-order valence-electron chi connectivity index (χ3n) is 4.33. The molecular formula is C13H25NO3. The molecule has 1 saturated carbocycles. The zero-order chi connectivity index (χ0) is 12.5. The maximum atomic E-state index is 9.32. The lowest BCUT2D eigenvalue weighted by Gasteiger charge is -2.60. The molecule has 2 rings (SSSR count). The number of nitrogens with one attached hydrogen (secondary N) is 1. The van der Waals surface area contributed by atoms with Gasteiger partial charge in [-0.3, -0.25) is 0 Å². The summed E-state index contributed by atoms with van der Waals surface area (Å²) in [5.41, 5.74) is 0.159. The molecule has 1 aliphatic heterocycles. The van der Waals surface area contributed by atoms with Crippen molar-refractivity contribution in [2.75, 3.05) is 26.9 Å². The van der Waals surface area contributed by atoms with Crippen molar-refractivity contribution < 1.29 is 14.6 Å². The van der Waals surface area contributed by atoms with Crippen molar-refractivity contribution in [1.29, 1.82) is 0 Å². The number of methoxy groups -OCH3 is 1. The lowest BCUT2D eigenvalue weighted by Crippen LogP contribution is -2.71. The lowest BCUT2D eigenvalue weighted by atomic mass is 9.55. The van der Waals surface area contributed by atoms with Crippen LogP contribution in [-0.2, 0) is 9.47 Å². The van der Waals surface area contributed by atoms with Gasteiger partial charge in [-0.05, 0) is 12.8 Å². The second-order valence-corrected chi connectivity index (χ2v) is 5.90. The largest absolute Gasteiger partial charge is 0.395 e. The zero-order valence-corrected chi connectivity index (χ0v) is 11.1. The van der Waals surface area contributed by atoms with E-state index in [-0.39, 0.29) is 18.1 Å². The smallest absolute Gasteiger partial charge is 0.0684 e. The third-order valence-corrected chi connectivity index (χ3v) is 4.33. The van der Waals surface area contributed by atoms with Crippen LogP contribution in [0.1, 0.15) is 26.7 Å². The van der Waals surface area contributed by atoms with E-state index in [1.54, 1.807) is 7.11 Å². The molecule has 100 valence electrons. The van der Waals surface area contributed by atoms with Crippen LogP contribution < -0.4 is 5.32 Å². The van der Waals surface area contributed by atoms with Crippen LogP contribution in [0.4, 0.5) is 0 Å². The predicted molar refractivity (Wildman–Crippen MR) is 65.9 cm³/mol. The Labute approximate surface area is 104 Å². The molecule has 17 heavy (non-hydrogen) atoms. The molecule has 1 aliphatic carbocycles. The minimum Gasteiger partial charge on any atom is -0.395 e. The van der Waals surface area contributed by atoms with Crippen LogP contribution in [0, 0.1) is 11.3 Å². The monoisotopic (exact) mass is 243 g/mol. The highest BCUT2D eigenvalue weighted by Crippen LogP contribution is 2.51. The van der Waals surface area contributed by atoms with E-state index in [4.69, 9.17) is 9.47 Å². The Hall–Kier alpha value is -0.160. The number of ether oxygens (including phenoxy) is 2. The van der Waals surface area contributed by atoms with Gasteiger partial charge >= 0.3 is 0 Å². The summed E-state index contributed by atoms with van der Waals surface area (Å²) in [6, 6.07) is 0.465. The van der Waals surface area contributed by atoms with Gasteiger partial charge in [0, 0.05) is 31.1 Å². The van der Waals surface area contributed by atoms with Crippen molar-refractivity contribution in [3.05, 3.63) is 0 Å². The van der Waals surface area contributed by atoms with Gasteiger partial charge in [-0.25, -0.2) is 0 Å². The summed E-state index contributed by atoms with van der Waals surface area (Å²) in [7, 11) is 1.67. The van der Waals surface area contributed by atoms with E-state index >= 15 is 0 Å². The van der Waals surface area contributed by atoms with Crippen LogP contribution in [-0.4, -0.2) is 50.2 Å². The Kier molecular flexibility index (Phi) is 4.08. The Morgan fingerprint density at radius 3 is 2.94 bits per heavy atom. The predicted octanol–water partition coefficient (Wildman–Crippen LogP) is 0.787. The first-order valence-corrected chi connectivity index (χ1v) is 6.58. The van der Waals surface area contributed by atoms with Crippen molar-refractivity contribution in [2.24, 2.45) is 11.3 Å². The van der Waals surface area contributed by atoms with E-state index < -0.39 is 0 Å². The second kappa shape index (κ2) is 5.22. The molecule has 4 atom stereocenters. The second-order valence-electron chi connectivity index (χ2n) is 5.90. The van der Waals surface area contributed by atoms with E-state index in [9.17, 15) is 5.11 Å². The van der Waals surface area contributed by atoms with Crippen LogP contribution in [0.25, 0.3) is 0 Å². The molecule has 0 amide bonds. The summed E-state index contributed by atoms with van der Waals surface area (Å²) < 4.78 is 11.0. The van der Waals surface area contributed by atoms with Crippen LogP contribution >= 0.6 is 0 Å². The Morgan fingerprint density at radius 1 is 1.53 bits per heavy atom. The molecule has 4 unspecified atom stereocenters. The quantitative estimate of drug-likeness (QED) is 0.749. The molecule has 4 nitrogen and oxygen atoms in total. The van der Waals surface area contributed by atoms with Gasteiger partial charge in [0.15, 0.2) is 0 Å². The van der Waals surface area contributed by atoms with Crippen molar-refractivity contribution in [3.63, 3.8) is 0 Å². The first-order chi connectivity index (χ1) is 8.11. The first-order valence-electron chi connectivity index (χ1n) is 6.58. The molecule has 4 heteroatoms. The van der Waals surface area contributed by atoms with Crippen molar-refractivity contribution in [3.8, 4) is 0 Å². The summed E-state index contributed by atoms with van der Waals surface area (Å²) >= 11 is 0. The van der Waals surface area contributed by atoms with E-state index in [0.717, 1.165) is 13.0 Å². The lowest BCUT2D eigenvalue weighted by molar-refractivity contribution is -0.195. The van der Waals surface area contributed by atoms with Gasteiger partial charge in [0.05, 0.1) is 25.4 Å². The molecule has 0 radical (unpaired) electrons. The standard InChI is InChI=1S/C13H25NO3/c1-13(2)11(14-9(7-15)8-16-3)10-5-4-6-17-12(10)13/h9-12,14-15H,4-8H2,1-3H3. The topological polar surface area (TPSA) is 50.7 Å². The van der Waals surface area contributed by atoms with E-state index in [1.165, 1.54) is 6.42 Å². The number of hydrogen-bond donors (Lipinski definition) is 2. The SMILES string of the molecule is COCC(CO)NC1C2CCCOC2C1(C)C. The summed E-state index contributed by atoms with van der Waals surface area (Å²) in [4.78, 5) is 0. The Balaban J connectivity index is 1.95. The molecule has 2 aliphatic rings. The molecule has 0 bridgehead atoms. The van der Waals surface area contributed by atoms with Crippen molar-refractivity contribution in [1.82, 2.24) is 5.32 Å². The molecule has 1 heterocycles. The minimum absolute atomic E-state index is 0.0344. The average Bonchev–Trinajstić information content (AvgIpc) is 2.34. The van der Waals surface area contributed by atoms with Gasteiger partial charge in [0.1, 0.15) is 0 Å². The fourth-order valence-corrected chi connectivity index (χ4v) is 3.47. The van der Waals surface area contributed by atoms with Crippen LogP contribution in [0.5, 0.6) is 0 Å². The number of rotatable bonds is 5. The van der Waals surface area contributed by atoms with Gasteiger partial charge in [-0.2, -0.15) is 0 Å². The molecule has 1 saturated heterocycles. The number of hydrogen-bond acceptors (Lipinski definition) is 4. The number of fused-ring (bicyclic) bond motifs is 1. The van der Waals surface area contributed by atoms with Crippen molar-refractivity contribution in [2.45, 2.75) is 44.9 Å². The highest BCUT2D eigenvalue weighted by atomic mass is 16.5. The normalized spacial score (nSPS) is 37.1. The van der Waals surface area contributed by atoms with Gasteiger partial charge in [-0.15, -0.1) is 0 Å². The van der Waals surface area contributed by atoms with Gasteiger partial charge in [0.2, 0.25) is 0 Å². The van der Waals surface area contributed by atoms with E-state index in [1.807, 2.05) is 0 Å². The molecule has 2 N–H and O–H groups in total. The fraction of sp³-hybridized carbons (Fsp3) is 1.00. The number of aliphatic hydroxyl groups excluding tert-OH is 1. The summed E-state index contributed by atoms with van der Waals surface area (Å²) in [5, 5.41) is 12.9. The van der Waals surface area contributed by atoms with Gasteiger partial charge in [0.25, 0.3) is 0 Å².